The van der Waals surface area contributed by atoms with Gasteiger partial charge in [0.1, 0.15) is 0 Å². The fourth-order valence-electron chi connectivity index (χ4n) is 0.272. The summed E-state index contributed by atoms with van der Waals surface area (Å²) in [7, 11) is -5.39. The van der Waals surface area contributed by atoms with Crippen LogP contribution in [0, 0.1) is 0 Å². The molecule has 0 unspecified atom stereocenters. The molecule has 0 bridgehead atoms. The van der Waals surface area contributed by atoms with Gasteiger partial charge in [0.15, 0.2) is 9.84 Å². The molecule has 1 aliphatic rings. The zero-order chi connectivity index (χ0) is 14.1. The molecular formula is C4H10N2O2S. The molecule has 4 nitrogen and oxygen atoms in total. The lowest BCUT2D eigenvalue weighted by Crippen LogP contribution is -2.44. The average Bonchev–Trinajstić information content (AvgIpc) is 2.13. The second kappa shape index (κ2) is 2.24. The monoisotopic (exact) mass is 158 g/mol. The highest BCUT2D eigenvalue weighted by Gasteiger charge is 2.18. The van der Waals surface area contributed by atoms with Gasteiger partial charge in [0.25, 0.3) is 0 Å². The topological polar surface area (TPSA) is 63.4 Å². The van der Waals surface area contributed by atoms with E-state index in [-0.39, 0.29) is 5.01 Å². The Morgan fingerprint density at radius 1 is 1.44 bits per heavy atom. The molecule has 0 aliphatic carbocycles. The Morgan fingerprint density at radius 3 is 2.33 bits per heavy atom. The Kier molecular flexibility index (Phi) is 0.481. The molecule has 2 N–H and O–H groups in total. The first-order chi connectivity index (χ1) is 7.15. The van der Waals surface area contributed by atoms with Crippen LogP contribution in [0.1, 0.15) is 11.0 Å². The predicted molar refractivity (Wildman–Crippen MR) is 34.4 cm³/mol. The maximum absolute atomic E-state index is 11.6. The number of hydrogen-bond donors (Lipinski definition) is 1. The number of hydrogen-bond acceptors (Lipinski definition) is 4. The van der Waals surface area contributed by atoms with Gasteiger partial charge in [-0.1, -0.05) is 0 Å². The molecule has 0 amide bonds. The Hall–Kier alpha value is -0.130. The molecular weight excluding hydrogens is 140 g/mol. The summed E-state index contributed by atoms with van der Waals surface area (Å²) in [6.45, 7) is -6.80. The van der Waals surface area contributed by atoms with E-state index in [0.29, 0.717) is 0 Å². The zero-order valence-corrected chi connectivity index (χ0v) is 5.07. The van der Waals surface area contributed by atoms with Crippen LogP contribution in [-0.2, 0) is 9.84 Å². The number of nitrogens with zero attached hydrogens (tertiary/aromatic N) is 1. The van der Waals surface area contributed by atoms with E-state index in [1.54, 1.807) is 0 Å². The van der Waals surface area contributed by atoms with Crippen molar-refractivity contribution in [2.24, 2.45) is 5.84 Å². The molecule has 54 valence electrons. The van der Waals surface area contributed by atoms with Gasteiger partial charge in [-0.15, -0.1) is 0 Å². The smallest absolute Gasteiger partial charge is 0.152 e. The van der Waals surface area contributed by atoms with Gasteiger partial charge in [-0.2, -0.15) is 0 Å². The molecule has 0 atom stereocenters. The third-order valence-electron chi connectivity index (χ3n) is 0.601. The van der Waals surface area contributed by atoms with E-state index in [0.717, 1.165) is 0 Å². The van der Waals surface area contributed by atoms with Crippen molar-refractivity contribution >= 4 is 9.84 Å². The minimum absolute atomic E-state index is 0.374. The zero-order valence-electron chi connectivity index (χ0n) is 12.2. The number of hydrazine groups is 1. The van der Waals surface area contributed by atoms with E-state index in [2.05, 4.69) is 0 Å². The van der Waals surface area contributed by atoms with E-state index in [1.165, 1.54) is 0 Å². The Balaban J connectivity index is 3.69. The van der Waals surface area contributed by atoms with E-state index >= 15 is 0 Å². The number of rotatable bonds is 0. The Morgan fingerprint density at radius 2 is 1.89 bits per heavy atom. The summed E-state index contributed by atoms with van der Waals surface area (Å²) in [4.78, 5) is 0. The molecule has 0 aromatic heterocycles. The average molecular weight is 158 g/mol. The highest BCUT2D eigenvalue weighted by molar-refractivity contribution is 7.91. The summed E-state index contributed by atoms with van der Waals surface area (Å²) in [6, 6.07) is 0. The molecule has 0 aromatic carbocycles. The van der Waals surface area contributed by atoms with Crippen molar-refractivity contribution in [2.45, 2.75) is 0 Å². The van der Waals surface area contributed by atoms with Crippen molar-refractivity contribution in [1.29, 1.82) is 0 Å². The first-order valence-electron chi connectivity index (χ1n) is 5.95. The highest BCUT2D eigenvalue weighted by Crippen LogP contribution is 1.97. The minimum atomic E-state index is -5.39. The van der Waals surface area contributed by atoms with Crippen LogP contribution in [-0.4, -0.2) is 37.8 Å². The van der Waals surface area contributed by atoms with Gasteiger partial charge in [-0.25, -0.2) is 13.4 Å². The van der Waals surface area contributed by atoms with Gasteiger partial charge in [0, 0.05) is 24.0 Å². The minimum Gasteiger partial charge on any atom is -0.269 e. The van der Waals surface area contributed by atoms with Crippen molar-refractivity contribution in [1.82, 2.24) is 5.01 Å². The Bertz CT molecular complexity index is 410. The van der Waals surface area contributed by atoms with Crippen LogP contribution in [0.25, 0.3) is 0 Å². The maximum atomic E-state index is 11.6. The third kappa shape index (κ3) is 1.92. The normalized spacial score (nSPS) is 63.7. The van der Waals surface area contributed by atoms with Crippen LogP contribution < -0.4 is 5.84 Å². The molecule has 1 aliphatic heterocycles. The third-order valence-corrected chi connectivity index (χ3v) is 1.32. The van der Waals surface area contributed by atoms with Crippen molar-refractivity contribution in [2.75, 3.05) is 24.4 Å². The van der Waals surface area contributed by atoms with Gasteiger partial charge in [-0.05, 0) is 0 Å². The SMILES string of the molecule is [2H]C1([2H])N(N)C([2H])([2H])C([2H])([2H])S(=O)(=O)C1([2H])[2H]. The van der Waals surface area contributed by atoms with Crippen LogP contribution in [0.3, 0.4) is 0 Å². The largest absolute Gasteiger partial charge is 0.269 e. The molecule has 0 radical (unpaired) electrons. The lowest BCUT2D eigenvalue weighted by atomic mass is 10.6. The quantitative estimate of drug-likeness (QED) is 0.440. The van der Waals surface area contributed by atoms with Crippen LogP contribution in [0.4, 0.5) is 0 Å². The van der Waals surface area contributed by atoms with Crippen LogP contribution in [0.15, 0.2) is 0 Å². The fourth-order valence-corrected chi connectivity index (χ4v) is 0.760. The van der Waals surface area contributed by atoms with Crippen molar-refractivity contribution in [3.63, 3.8) is 0 Å². The summed E-state index contributed by atoms with van der Waals surface area (Å²) in [6.07, 6.45) is 0. The lowest BCUT2D eigenvalue weighted by Gasteiger charge is -2.20. The van der Waals surface area contributed by atoms with Gasteiger partial charge in [-0.3, -0.25) is 5.84 Å². The molecule has 1 heterocycles. The van der Waals surface area contributed by atoms with Crippen molar-refractivity contribution in [3.8, 4) is 0 Å². The highest BCUT2D eigenvalue weighted by atomic mass is 32.2. The van der Waals surface area contributed by atoms with Crippen LogP contribution >= 0.6 is 0 Å². The van der Waals surface area contributed by atoms with Gasteiger partial charge < -0.3 is 0 Å². The number of nitrogens with two attached hydrogens (primary N) is 1. The molecule has 5 heteroatoms. The standard InChI is InChI=1S/C4H10N2O2S/c5-6-1-3-9(7,8)4-2-6/h1-5H2/i1D2,2D2,3D2,4D2. The summed E-state index contributed by atoms with van der Waals surface area (Å²) in [5.41, 5.74) is -7.35. The molecule has 1 saturated heterocycles. The molecule has 0 aromatic rings. The molecule has 9 heavy (non-hydrogen) atoms. The van der Waals surface area contributed by atoms with E-state index in [4.69, 9.17) is 16.8 Å². The van der Waals surface area contributed by atoms with Gasteiger partial charge in [0.05, 0.1) is 11.4 Å². The molecule has 0 saturated carbocycles. The van der Waals surface area contributed by atoms with Crippen LogP contribution in [0.5, 0.6) is 0 Å². The molecule has 1 rings (SSSR count). The van der Waals surface area contributed by atoms with E-state index in [1.807, 2.05) is 0 Å². The maximum Gasteiger partial charge on any atom is 0.152 e. The predicted octanol–water partition coefficient (Wildman–Crippen LogP) is -1.41. The second-order valence-corrected chi connectivity index (χ2v) is 2.72. The molecule has 1 fully saturated rings. The lowest BCUT2D eigenvalue weighted by molar-refractivity contribution is 0.307. The summed E-state index contributed by atoms with van der Waals surface area (Å²) in [5, 5.41) is -0.374. The van der Waals surface area contributed by atoms with Crippen molar-refractivity contribution < 1.29 is 19.4 Å². The first kappa shape index (κ1) is 1.93. The Labute approximate surface area is 65.8 Å². The van der Waals surface area contributed by atoms with E-state index < -0.39 is 34.2 Å². The van der Waals surface area contributed by atoms with Crippen molar-refractivity contribution in [3.05, 3.63) is 0 Å². The second-order valence-electron chi connectivity index (χ2n) is 1.30. The fraction of sp³-hybridized carbons (Fsp3) is 1.00. The summed E-state index contributed by atoms with van der Waals surface area (Å²) >= 11 is 0. The molecule has 0 spiro atoms. The number of sulfone groups is 1. The summed E-state index contributed by atoms with van der Waals surface area (Å²) in [5.74, 6) is 5.00. The summed E-state index contributed by atoms with van der Waals surface area (Å²) < 4.78 is 80.8. The van der Waals surface area contributed by atoms with E-state index in [9.17, 15) is 8.42 Å². The van der Waals surface area contributed by atoms with Gasteiger partial charge in [0.2, 0.25) is 0 Å². The van der Waals surface area contributed by atoms with Gasteiger partial charge >= 0.3 is 0 Å². The first-order valence-corrected chi connectivity index (χ1v) is 3.43. The van der Waals surface area contributed by atoms with Crippen LogP contribution in [0.2, 0.25) is 0 Å².